The van der Waals surface area contributed by atoms with Crippen molar-refractivity contribution < 1.29 is 18.8 Å². The normalized spacial score (nSPS) is 10.6. The number of carbonyl (C=O) groups is 1. The molecule has 33 heavy (non-hydrogen) atoms. The van der Waals surface area contributed by atoms with Gasteiger partial charge in [-0.3, -0.25) is 9.59 Å². The van der Waals surface area contributed by atoms with E-state index in [2.05, 4.69) is 15.5 Å². The number of nitrogens with one attached hydrogen (secondary N) is 1. The van der Waals surface area contributed by atoms with Crippen molar-refractivity contribution in [1.82, 2.24) is 14.7 Å². The average Bonchev–Trinajstić information content (AvgIpc) is 3.31. The number of ether oxygens (including phenoxy) is 2. The molecule has 1 N–H and O–H groups in total. The van der Waals surface area contributed by atoms with Crippen LogP contribution >= 0.6 is 0 Å². The first-order chi connectivity index (χ1) is 16.0. The molecule has 0 bridgehead atoms. The van der Waals surface area contributed by atoms with E-state index in [1.165, 1.54) is 17.9 Å². The minimum atomic E-state index is -0.417. The number of carbonyl (C=O) groups excluding carboxylic acids is 1. The predicted octanol–water partition coefficient (Wildman–Crippen LogP) is 3.53. The van der Waals surface area contributed by atoms with Crippen molar-refractivity contribution in [3.8, 4) is 34.3 Å². The summed E-state index contributed by atoms with van der Waals surface area (Å²) in [4.78, 5) is 29.8. The smallest absolute Gasteiger partial charge is 0.263 e. The van der Waals surface area contributed by atoms with Crippen LogP contribution in [0.4, 0.5) is 5.69 Å². The Morgan fingerprint density at radius 1 is 1.06 bits per heavy atom. The highest BCUT2D eigenvalue weighted by Crippen LogP contribution is 2.31. The van der Waals surface area contributed by atoms with Gasteiger partial charge < -0.3 is 23.9 Å². The molecule has 0 aliphatic carbocycles. The summed E-state index contributed by atoms with van der Waals surface area (Å²) in [5.74, 6) is 1.11. The number of hydrogen-bond donors (Lipinski definition) is 1. The third kappa shape index (κ3) is 4.62. The lowest BCUT2D eigenvalue weighted by Gasteiger charge is -2.10. The van der Waals surface area contributed by atoms with Crippen LogP contribution in [-0.2, 0) is 11.3 Å². The van der Waals surface area contributed by atoms with Gasteiger partial charge >= 0.3 is 0 Å². The van der Waals surface area contributed by atoms with Crippen molar-refractivity contribution in [2.45, 2.75) is 13.5 Å². The maximum absolute atomic E-state index is 13.0. The molecule has 0 aliphatic rings. The third-order valence-corrected chi connectivity index (χ3v) is 5.05. The maximum atomic E-state index is 13.0. The van der Waals surface area contributed by atoms with Crippen LogP contribution in [0.1, 0.15) is 5.56 Å². The maximum Gasteiger partial charge on any atom is 0.263 e. The second-order valence-electron chi connectivity index (χ2n) is 7.21. The first-order valence-corrected chi connectivity index (χ1v) is 10.1. The molecule has 0 aliphatic heterocycles. The molecule has 0 fully saturated rings. The van der Waals surface area contributed by atoms with Crippen molar-refractivity contribution in [2.24, 2.45) is 0 Å². The van der Waals surface area contributed by atoms with Crippen LogP contribution in [0, 0.1) is 6.92 Å². The van der Waals surface area contributed by atoms with Crippen LogP contribution in [0.25, 0.3) is 22.8 Å². The van der Waals surface area contributed by atoms with Gasteiger partial charge in [-0.25, -0.2) is 0 Å². The van der Waals surface area contributed by atoms with Crippen molar-refractivity contribution in [1.29, 1.82) is 0 Å². The summed E-state index contributed by atoms with van der Waals surface area (Å²) in [6, 6.07) is 15.9. The number of rotatable bonds is 7. The van der Waals surface area contributed by atoms with E-state index < -0.39 is 5.56 Å². The quantitative estimate of drug-likeness (QED) is 0.463. The van der Waals surface area contributed by atoms with E-state index in [1.807, 2.05) is 25.1 Å². The Hall–Kier alpha value is -4.40. The number of hydrogen-bond acceptors (Lipinski definition) is 7. The molecular weight excluding hydrogens is 424 g/mol. The van der Waals surface area contributed by atoms with Gasteiger partial charge in [0.2, 0.25) is 11.7 Å². The van der Waals surface area contributed by atoms with E-state index in [0.717, 1.165) is 5.56 Å². The minimum Gasteiger partial charge on any atom is -0.493 e. The molecule has 0 unspecified atom stereocenters. The summed E-state index contributed by atoms with van der Waals surface area (Å²) in [6.45, 7) is 1.74. The first kappa shape index (κ1) is 21.8. The van der Waals surface area contributed by atoms with Gasteiger partial charge in [0.15, 0.2) is 11.5 Å². The molecule has 2 aromatic carbocycles. The summed E-state index contributed by atoms with van der Waals surface area (Å²) in [5.41, 5.74) is 2.04. The lowest BCUT2D eigenvalue weighted by atomic mass is 10.2. The summed E-state index contributed by atoms with van der Waals surface area (Å²) in [7, 11) is 3.08. The van der Waals surface area contributed by atoms with E-state index in [4.69, 9.17) is 14.0 Å². The zero-order chi connectivity index (χ0) is 23.4. The standard InChI is InChI=1S/C24H22N4O5/c1-15-7-4-5-9-18(15)25-21(29)14-28-12-6-8-17(24(28)30)23-26-22(27-33-23)16-10-11-19(31-2)20(13-16)32-3/h4-13H,14H2,1-3H3,(H,25,29). The highest BCUT2D eigenvalue weighted by atomic mass is 16.5. The predicted molar refractivity (Wildman–Crippen MR) is 122 cm³/mol. The molecule has 1 amide bonds. The number of aryl methyl sites for hydroxylation is 1. The molecular formula is C24H22N4O5. The van der Waals surface area contributed by atoms with Gasteiger partial charge in [-0.05, 0) is 48.9 Å². The topological polar surface area (TPSA) is 108 Å². The Bertz CT molecular complexity index is 1360. The highest BCUT2D eigenvalue weighted by molar-refractivity contribution is 5.91. The van der Waals surface area contributed by atoms with Crippen LogP contribution < -0.4 is 20.3 Å². The van der Waals surface area contributed by atoms with Crippen LogP contribution in [0.2, 0.25) is 0 Å². The molecule has 0 saturated heterocycles. The second-order valence-corrected chi connectivity index (χ2v) is 7.21. The average molecular weight is 446 g/mol. The van der Waals surface area contributed by atoms with Crippen LogP contribution in [0.3, 0.4) is 0 Å². The van der Waals surface area contributed by atoms with Crippen molar-refractivity contribution in [3.05, 3.63) is 76.7 Å². The number of aromatic nitrogens is 3. The molecule has 0 spiro atoms. The van der Waals surface area contributed by atoms with E-state index in [-0.39, 0.29) is 29.7 Å². The van der Waals surface area contributed by atoms with E-state index in [0.29, 0.717) is 22.7 Å². The molecule has 9 heteroatoms. The van der Waals surface area contributed by atoms with E-state index >= 15 is 0 Å². The van der Waals surface area contributed by atoms with Gasteiger partial charge in [-0.2, -0.15) is 4.98 Å². The fourth-order valence-electron chi connectivity index (χ4n) is 3.31. The highest BCUT2D eigenvalue weighted by Gasteiger charge is 2.17. The van der Waals surface area contributed by atoms with Gasteiger partial charge in [0.05, 0.1) is 14.2 Å². The molecule has 0 atom stereocenters. The van der Waals surface area contributed by atoms with Gasteiger partial charge in [-0.1, -0.05) is 23.4 Å². The van der Waals surface area contributed by atoms with Crippen molar-refractivity contribution in [3.63, 3.8) is 0 Å². The van der Waals surface area contributed by atoms with Gasteiger partial charge in [0, 0.05) is 17.4 Å². The van der Waals surface area contributed by atoms with Gasteiger partial charge in [-0.15, -0.1) is 0 Å². The van der Waals surface area contributed by atoms with Crippen LogP contribution in [0.5, 0.6) is 11.5 Å². The number of nitrogens with zero attached hydrogens (tertiary/aromatic N) is 3. The molecule has 4 rings (SSSR count). The molecule has 168 valence electrons. The largest absolute Gasteiger partial charge is 0.493 e. The minimum absolute atomic E-state index is 0.0541. The zero-order valence-corrected chi connectivity index (χ0v) is 18.4. The van der Waals surface area contributed by atoms with E-state index in [9.17, 15) is 9.59 Å². The Morgan fingerprint density at radius 3 is 2.61 bits per heavy atom. The lowest BCUT2D eigenvalue weighted by molar-refractivity contribution is -0.116. The number of benzene rings is 2. The summed E-state index contributed by atoms with van der Waals surface area (Å²) < 4.78 is 17.2. The van der Waals surface area contributed by atoms with Gasteiger partial charge in [0.1, 0.15) is 12.1 Å². The third-order valence-electron chi connectivity index (χ3n) is 5.05. The Kier molecular flexibility index (Phi) is 6.21. The lowest BCUT2D eigenvalue weighted by Crippen LogP contribution is -2.28. The van der Waals surface area contributed by atoms with Crippen LogP contribution in [-0.4, -0.2) is 34.8 Å². The summed E-state index contributed by atoms with van der Waals surface area (Å²) in [6.07, 6.45) is 1.54. The Balaban J connectivity index is 1.57. The second kappa shape index (κ2) is 9.39. The van der Waals surface area contributed by atoms with Crippen molar-refractivity contribution in [2.75, 3.05) is 19.5 Å². The SMILES string of the molecule is COc1ccc(-c2noc(-c3cccn(CC(=O)Nc4ccccc4C)c3=O)n2)cc1OC. The Labute approximate surface area is 189 Å². The van der Waals surface area contributed by atoms with Crippen molar-refractivity contribution >= 4 is 11.6 Å². The molecule has 2 aromatic heterocycles. The molecule has 0 radical (unpaired) electrons. The van der Waals surface area contributed by atoms with Crippen LogP contribution in [0.15, 0.2) is 70.1 Å². The fraction of sp³-hybridized carbons (Fsp3) is 0.167. The van der Waals surface area contributed by atoms with Gasteiger partial charge in [0.25, 0.3) is 11.4 Å². The number of amides is 1. The first-order valence-electron chi connectivity index (χ1n) is 10.1. The monoisotopic (exact) mass is 446 g/mol. The number of pyridine rings is 1. The number of anilines is 1. The number of methoxy groups -OCH3 is 2. The molecule has 0 saturated carbocycles. The summed E-state index contributed by atoms with van der Waals surface area (Å²) in [5, 5.41) is 6.80. The molecule has 4 aromatic rings. The summed E-state index contributed by atoms with van der Waals surface area (Å²) >= 11 is 0. The molecule has 9 nitrogen and oxygen atoms in total. The zero-order valence-electron chi connectivity index (χ0n) is 18.4. The Morgan fingerprint density at radius 2 is 1.85 bits per heavy atom. The fourth-order valence-corrected chi connectivity index (χ4v) is 3.31. The molecule has 2 heterocycles. The van der Waals surface area contributed by atoms with E-state index in [1.54, 1.807) is 43.5 Å². The number of para-hydroxylation sites is 1.